The molecular weight excluding hydrogens is 318 g/mol. The van der Waals surface area contributed by atoms with Gasteiger partial charge in [0.25, 0.3) is 5.91 Å². The highest BCUT2D eigenvalue weighted by Gasteiger charge is 2.41. The molecule has 2 rings (SSSR count). The molecule has 0 N–H and O–H groups in total. The van der Waals surface area contributed by atoms with Crippen molar-refractivity contribution in [3.05, 3.63) is 35.4 Å². The van der Waals surface area contributed by atoms with Gasteiger partial charge < -0.3 is 4.74 Å². The van der Waals surface area contributed by atoms with E-state index in [-0.39, 0.29) is 18.2 Å². The Morgan fingerprint density at radius 1 is 1.16 bits per heavy atom. The first-order valence-electron chi connectivity index (χ1n) is 9.21. The van der Waals surface area contributed by atoms with E-state index < -0.39 is 12.0 Å². The molecule has 1 saturated heterocycles. The molecule has 136 valence electrons. The molecule has 5 nitrogen and oxygen atoms in total. The van der Waals surface area contributed by atoms with Crippen LogP contribution in [0.1, 0.15) is 68.3 Å². The second-order valence-corrected chi connectivity index (χ2v) is 6.41. The molecule has 5 heteroatoms. The zero-order chi connectivity index (χ0) is 18.2. The zero-order valence-corrected chi connectivity index (χ0v) is 15.1. The molecule has 0 bridgehead atoms. The highest BCUT2D eigenvalue weighted by Crippen LogP contribution is 2.24. The topological polar surface area (TPSA) is 63.7 Å². The number of imide groups is 1. The van der Waals surface area contributed by atoms with E-state index in [0.717, 1.165) is 42.6 Å². The predicted molar refractivity (Wildman–Crippen MR) is 95.1 cm³/mol. The Balaban J connectivity index is 2.18. The molecule has 25 heavy (non-hydrogen) atoms. The molecule has 0 unspecified atom stereocenters. The van der Waals surface area contributed by atoms with Gasteiger partial charge in [0.15, 0.2) is 0 Å². The number of amides is 2. The normalized spacial score (nSPS) is 17.0. The second kappa shape index (κ2) is 9.35. The summed E-state index contributed by atoms with van der Waals surface area (Å²) in [6, 6.07) is 6.54. The summed E-state index contributed by atoms with van der Waals surface area (Å²) in [5.74, 6) is -1.15. The lowest BCUT2D eigenvalue weighted by molar-refractivity contribution is -0.150. The molecular formula is C20H27NO4. The van der Waals surface area contributed by atoms with Gasteiger partial charge >= 0.3 is 5.97 Å². The van der Waals surface area contributed by atoms with Crippen LogP contribution in [0.3, 0.4) is 0 Å². The first-order chi connectivity index (χ1) is 12.1. The van der Waals surface area contributed by atoms with Gasteiger partial charge in [-0.1, -0.05) is 44.9 Å². The first-order valence-corrected chi connectivity index (χ1v) is 9.21. The monoisotopic (exact) mass is 345 g/mol. The van der Waals surface area contributed by atoms with E-state index in [4.69, 9.17) is 4.74 Å². The molecule has 1 heterocycles. The Bertz CT molecular complexity index is 626. The quantitative estimate of drug-likeness (QED) is 0.411. The smallest absolute Gasteiger partial charge is 0.329 e. The molecule has 1 aromatic carbocycles. The summed E-state index contributed by atoms with van der Waals surface area (Å²) in [7, 11) is 0. The molecule has 0 spiro atoms. The molecule has 0 saturated carbocycles. The van der Waals surface area contributed by atoms with Crippen LogP contribution in [-0.4, -0.2) is 35.3 Å². The van der Waals surface area contributed by atoms with Crippen molar-refractivity contribution in [3.8, 4) is 0 Å². The van der Waals surface area contributed by atoms with Crippen molar-refractivity contribution in [2.75, 3.05) is 6.61 Å². The summed E-state index contributed by atoms with van der Waals surface area (Å²) in [4.78, 5) is 38.7. The summed E-state index contributed by atoms with van der Waals surface area (Å²) in [5.41, 5.74) is 1.43. The molecule has 1 aliphatic rings. The molecule has 0 aromatic heterocycles. The van der Waals surface area contributed by atoms with Gasteiger partial charge in [0.05, 0.1) is 6.61 Å². The standard InChI is InChI=1S/C20H27NO4/c1-3-5-9-15-10-7-8-11-16(15)19(23)21-17(12-13-18(21)22)20(24)25-14-6-4-2/h7-8,10-11,17H,3-6,9,12-14H2,1-2H3/t17-/m0/s1. The summed E-state index contributed by atoms with van der Waals surface area (Å²) >= 11 is 0. The fourth-order valence-electron chi connectivity index (χ4n) is 3.02. The minimum Gasteiger partial charge on any atom is -0.464 e. The van der Waals surface area contributed by atoms with Gasteiger partial charge in [-0.2, -0.15) is 0 Å². The number of aryl methyl sites for hydroxylation is 1. The Morgan fingerprint density at radius 3 is 2.60 bits per heavy atom. The van der Waals surface area contributed by atoms with Crippen LogP contribution >= 0.6 is 0 Å². The number of likely N-dealkylation sites (tertiary alicyclic amines) is 1. The minimum atomic E-state index is -0.795. The van der Waals surface area contributed by atoms with Gasteiger partial charge in [-0.05, 0) is 37.3 Å². The second-order valence-electron chi connectivity index (χ2n) is 6.41. The molecule has 0 aliphatic carbocycles. The number of unbranched alkanes of at least 4 members (excludes halogenated alkanes) is 2. The summed E-state index contributed by atoms with van der Waals surface area (Å²) in [6.45, 7) is 4.43. The average molecular weight is 345 g/mol. The summed E-state index contributed by atoms with van der Waals surface area (Å²) in [5, 5.41) is 0. The van der Waals surface area contributed by atoms with E-state index in [1.807, 2.05) is 19.1 Å². The SMILES string of the molecule is CCCCOC(=O)[C@@H]1CCC(=O)N1C(=O)c1ccccc1CCCC. The van der Waals surface area contributed by atoms with Crippen LogP contribution in [0.4, 0.5) is 0 Å². The van der Waals surface area contributed by atoms with Crippen LogP contribution < -0.4 is 0 Å². The predicted octanol–water partition coefficient (Wildman–Crippen LogP) is 3.50. The third kappa shape index (κ3) is 4.68. The van der Waals surface area contributed by atoms with Crippen LogP contribution in [-0.2, 0) is 20.7 Å². The van der Waals surface area contributed by atoms with E-state index in [2.05, 4.69) is 6.92 Å². The number of nitrogens with zero attached hydrogens (tertiary/aromatic N) is 1. The Morgan fingerprint density at radius 2 is 1.88 bits per heavy atom. The van der Waals surface area contributed by atoms with E-state index >= 15 is 0 Å². The maximum Gasteiger partial charge on any atom is 0.329 e. The van der Waals surface area contributed by atoms with Crippen molar-refractivity contribution in [2.24, 2.45) is 0 Å². The van der Waals surface area contributed by atoms with Crippen molar-refractivity contribution in [1.82, 2.24) is 4.90 Å². The van der Waals surface area contributed by atoms with Crippen molar-refractivity contribution in [2.45, 2.75) is 64.8 Å². The Kier molecular flexibility index (Phi) is 7.16. The van der Waals surface area contributed by atoms with Crippen molar-refractivity contribution < 1.29 is 19.1 Å². The average Bonchev–Trinajstić information content (AvgIpc) is 3.01. The van der Waals surface area contributed by atoms with E-state index in [1.54, 1.807) is 12.1 Å². The molecule has 1 aliphatic heterocycles. The van der Waals surface area contributed by atoms with Crippen LogP contribution in [0, 0.1) is 0 Å². The number of hydrogen-bond donors (Lipinski definition) is 0. The van der Waals surface area contributed by atoms with Crippen molar-refractivity contribution in [3.63, 3.8) is 0 Å². The number of benzene rings is 1. The van der Waals surface area contributed by atoms with Crippen LogP contribution in [0.25, 0.3) is 0 Å². The highest BCUT2D eigenvalue weighted by atomic mass is 16.5. The van der Waals surface area contributed by atoms with E-state index in [9.17, 15) is 14.4 Å². The molecule has 2 amide bonds. The third-order valence-electron chi connectivity index (χ3n) is 4.49. The fourth-order valence-corrected chi connectivity index (χ4v) is 3.02. The summed E-state index contributed by atoms with van der Waals surface area (Å²) in [6.07, 6.45) is 5.03. The van der Waals surface area contributed by atoms with Gasteiger partial charge in [0, 0.05) is 12.0 Å². The number of carbonyl (C=O) groups excluding carboxylic acids is 3. The third-order valence-corrected chi connectivity index (χ3v) is 4.49. The number of esters is 1. The number of carbonyl (C=O) groups is 3. The lowest BCUT2D eigenvalue weighted by atomic mass is 10.0. The van der Waals surface area contributed by atoms with Crippen molar-refractivity contribution in [1.29, 1.82) is 0 Å². The highest BCUT2D eigenvalue weighted by molar-refractivity contribution is 6.09. The molecule has 1 fully saturated rings. The maximum absolute atomic E-state index is 13.0. The maximum atomic E-state index is 13.0. The van der Waals surface area contributed by atoms with Crippen LogP contribution in [0.5, 0.6) is 0 Å². The lowest BCUT2D eigenvalue weighted by Gasteiger charge is -2.22. The fraction of sp³-hybridized carbons (Fsp3) is 0.550. The van der Waals surface area contributed by atoms with Gasteiger partial charge in [0.2, 0.25) is 5.91 Å². The van der Waals surface area contributed by atoms with Gasteiger partial charge in [-0.25, -0.2) is 4.79 Å². The number of hydrogen-bond acceptors (Lipinski definition) is 4. The lowest BCUT2D eigenvalue weighted by Crippen LogP contribution is -2.44. The number of rotatable bonds is 8. The van der Waals surface area contributed by atoms with Gasteiger partial charge in [0.1, 0.15) is 6.04 Å². The van der Waals surface area contributed by atoms with Gasteiger partial charge in [-0.15, -0.1) is 0 Å². The minimum absolute atomic E-state index is 0.205. The van der Waals surface area contributed by atoms with E-state index in [1.165, 1.54) is 0 Å². The molecule has 1 atom stereocenters. The molecule has 0 radical (unpaired) electrons. The van der Waals surface area contributed by atoms with E-state index in [0.29, 0.717) is 18.6 Å². The Hall–Kier alpha value is -2.17. The van der Waals surface area contributed by atoms with Crippen LogP contribution in [0.2, 0.25) is 0 Å². The first kappa shape index (κ1) is 19.2. The Labute approximate surface area is 149 Å². The van der Waals surface area contributed by atoms with Gasteiger partial charge in [-0.3, -0.25) is 14.5 Å². The van der Waals surface area contributed by atoms with Crippen molar-refractivity contribution >= 4 is 17.8 Å². The summed E-state index contributed by atoms with van der Waals surface area (Å²) < 4.78 is 5.24. The molecule has 1 aromatic rings. The largest absolute Gasteiger partial charge is 0.464 e. The number of ether oxygens (including phenoxy) is 1. The zero-order valence-electron chi connectivity index (χ0n) is 15.1. The van der Waals surface area contributed by atoms with Crippen LogP contribution in [0.15, 0.2) is 24.3 Å².